The number of rotatable bonds is 3. The zero-order valence-electron chi connectivity index (χ0n) is 12.0. The molecule has 0 saturated heterocycles. The molecule has 0 spiro atoms. The van der Waals surface area contributed by atoms with Crippen molar-refractivity contribution < 1.29 is 0 Å². The molecular formula is C16H25N3. The zero-order valence-corrected chi connectivity index (χ0v) is 12.0. The van der Waals surface area contributed by atoms with Gasteiger partial charge in [0, 0.05) is 20.6 Å². The second-order valence-electron chi connectivity index (χ2n) is 5.33. The zero-order chi connectivity index (χ0) is 13.5. The lowest BCUT2D eigenvalue weighted by Crippen LogP contribution is -2.38. The smallest absolute Gasteiger partial charge is 0.190 e. The summed E-state index contributed by atoms with van der Waals surface area (Å²) in [6.45, 7) is 1.04. The van der Waals surface area contributed by atoms with Gasteiger partial charge in [-0.1, -0.05) is 30.3 Å². The Morgan fingerprint density at radius 2 is 1.84 bits per heavy atom. The lowest BCUT2D eigenvalue weighted by atomic mass is 9.79. The van der Waals surface area contributed by atoms with E-state index >= 15 is 0 Å². The van der Waals surface area contributed by atoms with Gasteiger partial charge in [-0.25, -0.2) is 0 Å². The van der Waals surface area contributed by atoms with Crippen LogP contribution in [0.15, 0.2) is 35.3 Å². The summed E-state index contributed by atoms with van der Waals surface area (Å²) in [5.41, 5.74) is 1.51. The van der Waals surface area contributed by atoms with Crippen LogP contribution in [0.3, 0.4) is 0 Å². The fourth-order valence-electron chi connectivity index (χ4n) is 2.95. The molecule has 0 amide bonds. The highest BCUT2D eigenvalue weighted by Gasteiger charge is 2.22. The summed E-state index contributed by atoms with van der Waals surface area (Å²) in [4.78, 5) is 4.15. The van der Waals surface area contributed by atoms with Crippen LogP contribution in [-0.2, 0) is 0 Å². The first kappa shape index (κ1) is 13.9. The molecule has 104 valence electrons. The number of guanidine groups is 1. The molecule has 3 nitrogen and oxygen atoms in total. The summed E-state index contributed by atoms with van der Waals surface area (Å²) in [5, 5.41) is 6.45. The van der Waals surface area contributed by atoms with E-state index in [1.54, 1.807) is 0 Å². The molecule has 0 radical (unpaired) electrons. The van der Waals surface area contributed by atoms with E-state index in [1.807, 2.05) is 14.1 Å². The molecule has 1 aromatic carbocycles. The van der Waals surface area contributed by atoms with Crippen LogP contribution in [0, 0.1) is 5.92 Å². The Morgan fingerprint density at radius 1 is 1.16 bits per heavy atom. The molecule has 0 heterocycles. The predicted molar refractivity (Wildman–Crippen MR) is 81.6 cm³/mol. The van der Waals surface area contributed by atoms with Crippen molar-refractivity contribution in [3.63, 3.8) is 0 Å². The molecule has 3 heteroatoms. The predicted octanol–water partition coefficient (Wildman–Crippen LogP) is 2.76. The maximum absolute atomic E-state index is 4.15. The van der Waals surface area contributed by atoms with Crippen molar-refractivity contribution in [1.82, 2.24) is 10.6 Å². The van der Waals surface area contributed by atoms with Gasteiger partial charge in [0.25, 0.3) is 0 Å². The second kappa shape index (κ2) is 7.17. The summed E-state index contributed by atoms with van der Waals surface area (Å²) in [6, 6.07) is 10.9. The third kappa shape index (κ3) is 3.98. The van der Waals surface area contributed by atoms with Crippen molar-refractivity contribution in [1.29, 1.82) is 0 Å². The minimum atomic E-state index is 0.765. The molecular weight excluding hydrogens is 234 g/mol. The highest BCUT2D eigenvalue weighted by Crippen LogP contribution is 2.35. The van der Waals surface area contributed by atoms with Crippen molar-refractivity contribution in [3.05, 3.63) is 35.9 Å². The summed E-state index contributed by atoms with van der Waals surface area (Å²) in [6.07, 6.45) is 5.25. The van der Waals surface area contributed by atoms with Crippen molar-refractivity contribution in [2.45, 2.75) is 31.6 Å². The molecule has 19 heavy (non-hydrogen) atoms. The third-order valence-electron chi connectivity index (χ3n) is 4.14. The van der Waals surface area contributed by atoms with Gasteiger partial charge in [0.2, 0.25) is 0 Å². The molecule has 2 rings (SSSR count). The summed E-state index contributed by atoms with van der Waals surface area (Å²) in [5.74, 6) is 2.44. The Bertz CT molecular complexity index is 392. The molecule has 0 bridgehead atoms. The standard InChI is InChI=1S/C16H25N3/c1-17-16(18-2)19-12-13-8-10-15(11-9-13)14-6-4-3-5-7-14/h3-7,13,15H,8-12H2,1-2H3,(H2,17,18,19). The number of nitrogens with one attached hydrogen (secondary N) is 2. The van der Waals surface area contributed by atoms with Gasteiger partial charge in [-0.3, -0.25) is 4.99 Å². The number of aliphatic imine (C=N–C) groups is 1. The largest absolute Gasteiger partial charge is 0.359 e. The highest BCUT2D eigenvalue weighted by atomic mass is 15.1. The highest BCUT2D eigenvalue weighted by molar-refractivity contribution is 5.79. The topological polar surface area (TPSA) is 36.4 Å². The van der Waals surface area contributed by atoms with Crippen molar-refractivity contribution >= 4 is 5.96 Å². The average molecular weight is 259 g/mol. The van der Waals surface area contributed by atoms with E-state index in [1.165, 1.54) is 31.2 Å². The minimum absolute atomic E-state index is 0.765. The quantitative estimate of drug-likeness (QED) is 0.647. The summed E-state index contributed by atoms with van der Waals surface area (Å²) < 4.78 is 0. The Balaban J connectivity index is 1.77. The number of nitrogens with zero attached hydrogens (tertiary/aromatic N) is 1. The fraction of sp³-hybridized carbons (Fsp3) is 0.562. The van der Waals surface area contributed by atoms with Crippen molar-refractivity contribution in [3.8, 4) is 0 Å². The number of hydrogen-bond donors (Lipinski definition) is 2. The van der Waals surface area contributed by atoms with Crippen molar-refractivity contribution in [2.75, 3.05) is 20.6 Å². The van der Waals surface area contributed by atoms with Gasteiger partial charge < -0.3 is 10.6 Å². The van der Waals surface area contributed by atoms with Crippen LogP contribution in [0.1, 0.15) is 37.2 Å². The van der Waals surface area contributed by atoms with Gasteiger partial charge in [0.05, 0.1) is 0 Å². The average Bonchev–Trinajstić information content (AvgIpc) is 2.50. The minimum Gasteiger partial charge on any atom is -0.359 e. The first-order chi connectivity index (χ1) is 9.33. The maximum Gasteiger partial charge on any atom is 0.190 e. The van der Waals surface area contributed by atoms with Gasteiger partial charge in [-0.2, -0.15) is 0 Å². The molecule has 0 unspecified atom stereocenters. The van der Waals surface area contributed by atoms with Gasteiger partial charge in [0.15, 0.2) is 5.96 Å². The van der Waals surface area contributed by atoms with E-state index in [2.05, 4.69) is 46.0 Å². The van der Waals surface area contributed by atoms with Crippen LogP contribution in [0.5, 0.6) is 0 Å². The molecule has 1 aliphatic carbocycles. The van der Waals surface area contributed by atoms with E-state index in [4.69, 9.17) is 0 Å². The third-order valence-corrected chi connectivity index (χ3v) is 4.14. The first-order valence-electron chi connectivity index (χ1n) is 7.26. The molecule has 0 aliphatic heterocycles. The number of benzene rings is 1. The fourth-order valence-corrected chi connectivity index (χ4v) is 2.95. The van der Waals surface area contributed by atoms with Crippen LogP contribution in [0.2, 0.25) is 0 Å². The molecule has 0 atom stereocenters. The van der Waals surface area contributed by atoms with E-state index < -0.39 is 0 Å². The van der Waals surface area contributed by atoms with Crippen LogP contribution in [-0.4, -0.2) is 26.6 Å². The van der Waals surface area contributed by atoms with Gasteiger partial charge in [-0.05, 0) is 43.1 Å². The Hall–Kier alpha value is -1.51. The Morgan fingerprint density at radius 3 is 2.42 bits per heavy atom. The molecule has 1 aromatic rings. The van der Waals surface area contributed by atoms with E-state index in [9.17, 15) is 0 Å². The second-order valence-corrected chi connectivity index (χ2v) is 5.33. The lowest BCUT2D eigenvalue weighted by Gasteiger charge is -2.29. The van der Waals surface area contributed by atoms with E-state index in [-0.39, 0.29) is 0 Å². The van der Waals surface area contributed by atoms with Crippen molar-refractivity contribution in [2.24, 2.45) is 10.9 Å². The van der Waals surface area contributed by atoms with Crippen LogP contribution >= 0.6 is 0 Å². The maximum atomic E-state index is 4.15. The molecule has 1 aliphatic rings. The first-order valence-corrected chi connectivity index (χ1v) is 7.26. The lowest BCUT2D eigenvalue weighted by molar-refractivity contribution is 0.324. The number of hydrogen-bond acceptors (Lipinski definition) is 1. The normalized spacial score (nSPS) is 24.0. The SMILES string of the molecule is CN=C(NC)NCC1CCC(c2ccccc2)CC1. The summed E-state index contributed by atoms with van der Waals surface area (Å²) >= 11 is 0. The Kier molecular flexibility index (Phi) is 5.25. The summed E-state index contributed by atoms with van der Waals surface area (Å²) in [7, 11) is 3.72. The van der Waals surface area contributed by atoms with Gasteiger partial charge >= 0.3 is 0 Å². The van der Waals surface area contributed by atoms with Crippen LogP contribution < -0.4 is 10.6 Å². The van der Waals surface area contributed by atoms with E-state index in [0.29, 0.717) is 0 Å². The molecule has 0 aromatic heterocycles. The van der Waals surface area contributed by atoms with E-state index in [0.717, 1.165) is 24.3 Å². The van der Waals surface area contributed by atoms with Gasteiger partial charge in [0.1, 0.15) is 0 Å². The van der Waals surface area contributed by atoms with Crippen LogP contribution in [0.4, 0.5) is 0 Å². The van der Waals surface area contributed by atoms with Crippen LogP contribution in [0.25, 0.3) is 0 Å². The van der Waals surface area contributed by atoms with Gasteiger partial charge in [-0.15, -0.1) is 0 Å². The molecule has 1 fully saturated rings. The molecule has 1 saturated carbocycles. The molecule has 2 N–H and O–H groups in total. The Labute approximate surface area is 116 Å². The monoisotopic (exact) mass is 259 g/mol.